The summed E-state index contributed by atoms with van der Waals surface area (Å²) in [5.41, 5.74) is 2.37. The van der Waals surface area contributed by atoms with Gasteiger partial charge in [0.1, 0.15) is 0 Å². The highest BCUT2D eigenvalue weighted by atomic mass is 15.3. The predicted molar refractivity (Wildman–Crippen MR) is 87.3 cm³/mol. The van der Waals surface area contributed by atoms with E-state index in [1.807, 2.05) is 0 Å². The molecule has 114 valence electrons. The molecule has 3 aliphatic rings. The molecule has 0 unspecified atom stereocenters. The number of rotatable bonds is 2. The average molecular weight is 284 g/mol. The van der Waals surface area contributed by atoms with Gasteiger partial charge in [0.15, 0.2) is 0 Å². The molecule has 1 saturated heterocycles. The molecule has 4 rings (SSSR count). The van der Waals surface area contributed by atoms with E-state index in [9.17, 15) is 0 Å². The number of benzene rings is 1. The summed E-state index contributed by atoms with van der Waals surface area (Å²) < 4.78 is 0. The fourth-order valence-corrected chi connectivity index (χ4v) is 4.99. The van der Waals surface area contributed by atoms with Crippen LogP contribution in [0.2, 0.25) is 0 Å². The van der Waals surface area contributed by atoms with E-state index in [4.69, 9.17) is 0 Å². The Bertz CT molecular complexity index is 470. The van der Waals surface area contributed by atoms with E-state index in [2.05, 4.69) is 40.5 Å². The molecular formula is C19H28N2. The SMILES string of the molecule is c1ccc(CN2CC3(CCCC3)NCC23CCCC3)cc1. The molecule has 2 nitrogen and oxygen atoms in total. The van der Waals surface area contributed by atoms with Gasteiger partial charge in [0.05, 0.1) is 0 Å². The Morgan fingerprint density at radius 3 is 2.29 bits per heavy atom. The fraction of sp³-hybridized carbons (Fsp3) is 0.684. The van der Waals surface area contributed by atoms with E-state index in [1.54, 1.807) is 0 Å². The van der Waals surface area contributed by atoms with Crippen LogP contribution < -0.4 is 5.32 Å². The van der Waals surface area contributed by atoms with Crippen LogP contribution in [0.5, 0.6) is 0 Å². The minimum absolute atomic E-state index is 0.433. The van der Waals surface area contributed by atoms with Crippen molar-refractivity contribution in [2.24, 2.45) is 0 Å². The van der Waals surface area contributed by atoms with Crippen LogP contribution in [-0.2, 0) is 6.54 Å². The van der Waals surface area contributed by atoms with Gasteiger partial charge in [-0.2, -0.15) is 0 Å². The first-order valence-electron chi connectivity index (χ1n) is 8.85. The van der Waals surface area contributed by atoms with Crippen LogP contribution >= 0.6 is 0 Å². The van der Waals surface area contributed by atoms with Crippen LogP contribution in [0.25, 0.3) is 0 Å². The van der Waals surface area contributed by atoms with E-state index < -0.39 is 0 Å². The van der Waals surface area contributed by atoms with Crippen molar-refractivity contribution in [3.8, 4) is 0 Å². The highest BCUT2D eigenvalue weighted by molar-refractivity contribution is 5.17. The van der Waals surface area contributed by atoms with Crippen molar-refractivity contribution < 1.29 is 0 Å². The minimum Gasteiger partial charge on any atom is -0.308 e. The molecule has 2 heteroatoms. The second-order valence-electron chi connectivity index (χ2n) is 7.61. The van der Waals surface area contributed by atoms with Crippen molar-refractivity contribution >= 4 is 0 Å². The molecule has 2 aliphatic carbocycles. The summed E-state index contributed by atoms with van der Waals surface area (Å²) in [6.07, 6.45) is 11.2. The van der Waals surface area contributed by atoms with E-state index >= 15 is 0 Å². The summed E-state index contributed by atoms with van der Waals surface area (Å²) in [6, 6.07) is 11.1. The maximum atomic E-state index is 4.00. The van der Waals surface area contributed by atoms with Crippen LogP contribution in [0, 0.1) is 0 Å². The summed E-state index contributed by atoms with van der Waals surface area (Å²) in [6.45, 7) is 3.63. The van der Waals surface area contributed by atoms with Gasteiger partial charge in [-0.05, 0) is 31.2 Å². The first-order valence-corrected chi connectivity index (χ1v) is 8.85. The van der Waals surface area contributed by atoms with Gasteiger partial charge in [-0.15, -0.1) is 0 Å². The highest BCUT2D eigenvalue weighted by Gasteiger charge is 2.49. The molecule has 1 aliphatic heterocycles. The van der Waals surface area contributed by atoms with Gasteiger partial charge in [-0.1, -0.05) is 56.0 Å². The van der Waals surface area contributed by atoms with Crippen LogP contribution in [-0.4, -0.2) is 29.1 Å². The highest BCUT2D eigenvalue weighted by Crippen LogP contribution is 2.43. The summed E-state index contributed by atoms with van der Waals surface area (Å²) >= 11 is 0. The lowest BCUT2D eigenvalue weighted by Gasteiger charge is -2.53. The number of hydrogen-bond acceptors (Lipinski definition) is 2. The molecule has 1 N–H and O–H groups in total. The molecule has 2 spiro atoms. The smallest absolute Gasteiger partial charge is 0.0338 e. The maximum absolute atomic E-state index is 4.00. The second-order valence-corrected chi connectivity index (χ2v) is 7.61. The summed E-state index contributed by atoms with van der Waals surface area (Å²) in [7, 11) is 0. The van der Waals surface area contributed by atoms with Crippen molar-refractivity contribution in [3.05, 3.63) is 35.9 Å². The summed E-state index contributed by atoms with van der Waals surface area (Å²) in [4.78, 5) is 2.86. The summed E-state index contributed by atoms with van der Waals surface area (Å²) in [5.74, 6) is 0. The van der Waals surface area contributed by atoms with Gasteiger partial charge in [0.2, 0.25) is 0 Å². The molecule has 0 radical (unpaired) electrons. The zero-order chi connectivity index (χ0) is 14.2. The van der Waals surface area contributed by atoms with Crippen molar-refractivity contribution in [3.63, 3.8) is 0 Å². The zero-order valence-electron chi connectivity index (χ0n) is 13.1. The third-order valence-corrected chi connectivity index (χ3v) is 6.27. The normalized spacial score (nSPS) is 27.6. The van der Waals surface area contributed by atoms with Gasteiger partial charge in [0, 0.05) is 30.7 Å². The zero-order valence-corrected chi connectivity index (χ0v) is 13.1. The first kappa shape index (κ1) is 13.8. The van der Waals surface area contributed by atoms with E-state index in [0.717, 1.165) is 6.54 Å². The van der Waals surface area contributed by atoms with Crippen molar-refractivity contribution in [2.45, 2.75) is 69.0 Å². The lowest BCUT2D eigenvalue weighted by Crippen LogP contribution is -2.68. The largest absolute Gasteiger partial charge is 0.308 e. The molecule has 0 aromatic heterocycles. The molecule has 1 aromatic rings. The Labute approximate surface area is 128 Å². The first-order chi connectivity index (χ1) is 10.3. The molecule has 0 bridgehead atoms. The Hall–Kier alpha value is -0.860. The Balaban J connectivity index is 1.58. The van der Waals surface area contributed by atoms with Crippen LogP contribution in [0.4, 0.5) is 0 Å². The number of nitrogens with one attached hydrogen (secondary N) is 1. The van der Waals surface area contributed by atoms with Gasteiger partial charge >= 0.3 is 0 Å². The lowest BCUT2D eigenvalue weighted by atomic mass is 9.84. The van der Waals surface area contributed by atoms with E-state index in [1.165, 1.54) is 70.0 Å². The Morgan fingerprint density at radius 2 is 1.57 bits per heavy atom. The molecule has 0 amide bonds. The van der Waals surface area contributed by atoms with Gasteiger partial charge in [-0.25, -0.2) is 0 Å². The minimum atomic E-state index is 0.433. The molecule has 1 heterocycles. The molecular weight excluding hydrogens is 256 g/mol. The van der Waals surface area contributed by atoms with E-state index in [-0.39, 0.29) is 0 Å². The maximum Gasteiger partial charge on any atom is 0.0338 e. The molecule has 2 saturated carbocycles. The van der Waals surface area contributed by atoms with Crippen molar-refractivity contribution in [1.29, 1.82) is 0 Å². The van der Waals surface area contributed by atoms with Crippen molar-refractivity contribution in [1.82, 2.24) is 10.2 Å². The third-order valence-electron chi connectivity index (χ3n) is 6.27. The Morgan fingerprint density at radius 1 is 0.905 bits per heavy atom. The molecule has 21 heavy (non-hydrogen) atoms. The van der Waals surface area contributed by atoms with Gasteiger partial charge in [0.25, 0.3) is 0 Å². The van der Waals surface area contributed by atoms with Crippen LogP contribution in [0.3, 0.4) is 0 Å². The summed E-state index contributed by atoms with van der Waals surface area (Å²) in [5, 5.41) is 4.00. The van der Waals surface area contributed by atoms with Crippen LogP contribution in [0.15, 0.2) is 30.3 Å². The monoisotopic (exact) mass is 284 g/mol. The average Bonchev–Trinajstić information content (AvgIpc) is 3.15. The van der Waals surface area contributed by atoms with E-state index in [0.29, 0.717) is 11.1 Å². The quantitative estimate of drug-likeness (QED) is 0.890. The van der Waals surface area contributed by atoms with Crippen molar-refractivity contribution in [2.75, 3.05) is 13.1 Å². The second kappa shape index (κ2) is 5.40. The topological polar surface area (TPSA) is 15.3 Å². The third kappa shape index (κ3) is 2.53. The van der Waals surface area contributed by atoms with Gasteiger partial charge in [-0.3, -0.25) is 4.90 Å². The number of hydrogen-bond donors (Lipinski definition) is 1. The predicted octanol–water partition coefficient (Wildman–Crippen LogP) is 3.72. The lowest BCUT2D eigenvalue weighted by molar-refractivity contribution is 0.00275. The number of piperazine rings is 1. The fourth-order valence-electron chi connectivity index (χ4n) is 4.99. The van der Waals surface area contributed by atoms with Gasteiger partial charge < -0.3 is 5.32 Å². The molecule has 3 fully saturated rings. The Kier molecular flexibility index (Phi) is 3.55. The molecule has 1 aromatic carbocycles. The van der Waals surface area contributed by atoms with Crippen LogP contribution in [0.1, 0.15) is 56.9 Å². The standard InChI is InChI=1S/C19H28N2/c1-2-8-17(9-3-1)14-21-16-18(10-4-5-11-18)20-15-19(21)12-6-7-13-19/h1-3,8-9,20H,4-7,10-16H2. The number of nitrogens with zero attached hydrogens (tertiary/aromatic N) is 1. The molecule has 0 atom stereocenters.